The Balaban J connectivity index is 2.77. The minimum Gasteiger partial charge on any atom is -0.324 e. The number of nitro groups is 1. The van der Waals surface area contributed by atoms with Crippen molar-refractivity contribution < 1.29 is 4.92 Å². The molecule has 0 aliphatic rings. The van der Waals surface area contributed by atoms with Crippen LogP contribution in [0.25, 0.3) is 0 Å². The van der Waals surface area contributed by atoms with Crippen LogP contribution < -0.4 is 5.73 Å². The van der Waals surface area contributed by atoms with E-state index in [9.17, 15) is 10.1 Å². The second kappa shape index (κ2) is 4.72. The molecule has 0 saturated carbocycles. The molecule has 0 saturated heterocycles. The van der Waals surface area contributed by atoms with Gasteiger partial charge in [-0.15, -0.1) is 0 Å². The Bertz CT molecular complexity index is 308. The lowest BCUT2D eigenvalue weighted by atomic mass is 10.0. The molecule has 2 N–H and O–H groups in total. The number of rotatable bonds is 4. The Hall–Kier alpha value is -1.42. The highest BCUT2D eigenvalue weighted by Crippen LogP contribution is 2.19. The number of hydrogen-bond donors (Lipinski definition) is 1. The largest absolute Gasteiger partial charge is 0.324 e. The first-order valence-corrected chi connectivity index (χ1v) is 4.65. The molecular weight excluding hydrogens is 180 g/mol. The molecule has 0 radical (unpaired) electrons. The first-order chi connectivity index (χ1) is 6.65. The van der Waals surface area contributed by atoms with Gasteiger partial charge >= 0.3 is 0 Å². The van der Waals surface area contributed by atoms with Gasteiger partial charge in [-0.3, -0.25) is 10.1 Å². The Morgan fingerprint density at radius 1 is 1.43 bits per heavy atom. The van der Waals surface area contributed by atoms with E-state index in [1.165, 1.54) is 12.1 Å². The molecule has 0 unspecified atom stereocenters. The lowest BCUT2D eigenvalue weighted by Crippen LogP contribution is -2.09. The van der Waals surface area contributed by atoms with Gasteiger partial charge in [-0.25, -0.2) is 0 Å². The van der Waals surface area contributed by atoms with Gasteiger partial charge in [0, 0.05) is 18.2 Å². The monoisotopic (exact) mass is 194 g/mol. The van der Waals surface area contributed by atoms with Crippen molar-refractivity contribution in [3.63, 3.8) is 0 Å². The summed E-state index contributed by atoms with van der Waals surface area (Å²) in [5.41, 5.74) is 6.93. The van der Waals surface area contributed by atoms with Crippen LogP contribution >= 0.6 is 0 Å². The number of benzene rings is 1. The second-order valence-electron chi connectivity index (χ2n) is 3.24. The zero-order valence-electron chi connectivity index (χ0n) is 8.14. The van der Waals surface area contributed by atoms with E-state index in [-0.39, 0.29) is 11.7 Å². The highest BCUT2D eigenvalue weighted by molar-refractivity contribution is 5.34. The Morgan fingerprint density at radius 2 is 2.00 bits per heavy atom. The molecule has 1 aromatic carbocycles. The number of non-ortho nitro benzene ring substituents is 1. The van der Waals surface area contributed by atoms with E-state index in [0.717, 1.165) is 18.4 Å². The third-order valence-electron chi connectivity index (χ3n) is 2.13. The molecule has 76 valence electrons. The van der Waals surface area contributed by atoms with Crippen molar-refractivity contribution in [2.45, 2.75) is 25.8 Å². The maximum absolute atomic E-state index is 10.4. The Kier molecular flexibility index (Phi) is 3.59. The third kappa shape index (κ3) is 2.53. The normalized spacial score (nSPS) is 12.4. The number of nitro benzene ring substituents is 1. The molecule has 1 aromatic rings. The summed E-state index contributed by atoms with van der Waals surface area (Å²) in [6, 6.07) is 6.41. The van der Waals surface area contributed by atoms with E-state index in [2.05, 4.69) is 6.92 Å². The SMILES string of the molecule is CCC[C@H](N)c1ccc([N+](=O)[O-])cc1. The van der Waals surface area contributed by atoms with Crippen LogP contribution in [0.1, 0.15) is 31.4 Å². The number of nitrogens with two attached hydrogens (primary N) is 1. The second-order valence-corrected chi connectivity index (χ2v) is 3.24. The van der Waals surface area contributed by atoms with Crippen LogP contribution in [-0.2, 0) is 0 Å². The van der Waals surface area contributed by atoms with Crippen molar-refractivity contribution in [1.82, 2.24) is 0 Å². The van der Waals surface area contributed by atoms with Gasteiger partial charge in [-0.05, 0) is 12.0 Å². The highest BCUT2D eigenvalue weighted by atomic mass is 16.6. The van der Waals surface area contributed by atoms with E-state index < -0.39 is 4.92 Å². The summed E-state index contributed by atoms with van der Waals surface area (Å²) in [5.74, 6) is 0. The average molecular weight is 194 g/mol. The first-order valence-electron chi connectivity index (χ1n) is 4.65. The summed E-state index contributed by atoms with van der Waals surface area (Å²) < 4.78 is 0. The summed E-state index contributed by atoms with van der Waals surface area (Å²) in [4.78, 5) is 9.97. The topological polar surface area (TPSA) is 69.2 Å². The fourth-order valence-corrected chi connectivity index (χ4v) is 1.32. The first kappa shape index (κ1) is 10.7. The van der Waals surface area contributed by atoms with Gasteiger partial charge in [0.05, 0.1) is 4.92 Å². The lowest BCUT2D eigenvalue weighted by molar-refractivity contribution is -0.384. The molecule has 0 aromatic heterocycles. The van der Waals surface area contributed by atoms with Gasteiger partial charge < -0.3 is 5.73 Å². The Morgan fingerprint density at radius 3 is 2.43 bits per heavy atom. The molecule has 4 heteroatoms. The summed E-state index contributed by atoms with van der Waals surface area (Å²) in [5, 5.41) is 10.4. The van der Waals surface area contributed by atoms with Crippen LogP contribution in [0.3, 0.4) is 0 Å². The van der Waals surface area contributed by atoms with Crippen LogP contribution in [-0.4, -0.2) is 4.92 Å². The minimum atomic E-state index is -0.408. The molecule has 0 aliphatic heterocycles. The van der Waals surface area contributed by atoms with Gasteiger partial charge in [0.15, 0.2) is 0 Å². The molecule has 0 aliphatic carbocycles. The van der Waals surface area contributed by atoms with E-state index in [1.54, 1.807) is 12.1 Å². The van der Waals surface area contributed by atoms with Gasteiger partial charge in [0.2, 0.25) is 0 Å². The van der Waals surface area contributed by atoms with Crippen molar-refractivity contribution in [2.24, 2.45) is 5.73 Å². The van der Waals surface area contributed by atoms with Gasteiger partial charge in [0.25, 0.3) is 5.69 Å². The van der Waals surface area contributed by atoms with Crippen molar-refractivity contribution >= 4 is 5.69 Å². The molecule has 4 nitrogen and oxygen atoms in total. The fraction of sp³-hybridized carbons (Fsp3) is 0.400. The summed E-state index contributed by atoms with van der Waals surface area (Å²) >= 11 is 0. The van der Waals surface area contributed by atoms with Crippen LogP contribution in [0, 0.1) is 10.1 Å². The van der Waals surface area contributed by atoms with Gasteiger partial charge in [0.1, 0.15) is 0 Å². The molecule has 0 fully saturated rings. The lowest BCUT2D eigenvalue weighted by Gasteiger charge is -2.09. The summed E-state index contributed by atoms with van der Waals surface area (Å²) in [6.07, 6.45) is 1.91. The van der Waals surface area contributed by atoms with E-state index >= 15 is 0 Å². The zero-order chi connectivity index (χ0) is 10.6. The van der Waals surface area contributed by atoms with E-state index in [0.29, 0.717) is 0 Å². The number of hydrogen-bond acceptors (Lipinski definition) is 3. The molecule has 0 spiro atoms. The van der Waals surface area contributed by atoms with Crippen LogP contribution in [0.5, 0.6) is 0 Å². The van der Waals surface area contributed by atoms with Crippen LogP contribution in [0.4, 0.5) is 5.69 Å². The van der Waals surface area contributed by atoms with Crippen molar-refractivity contribution in [1.29, 1.82) is 0 Å². The van der Waals surface area contributed by atoms with E-state index in [1.807, 2.05) is 0 Å². The smallest absolute Gasteiger partial charge is 0.269 e. The zero-order valence-corrected chi connectivity index (χ0v) is 8.14. The Labute approximate surface area is 82.9 Å². The highest BCUT2D eigenvalue weighted by Gasteiger charge is 2.07. The van der Waals surface area contributed by atoms with Crippen LogP contribution in [0.15, 0.2) is 24.3 Å². The van der Waals surface area contributed by atoms with E-state index in [4.69, 9.17) is 5.73 Å². The fourth-order valence-electron chi connectivity index (χ4n) is 1.32. The molecule has 1 atom stereocenters. The number of nitrogens with zero attached hydrogens (tertiary/aromatic N) is 1. The quantitative estimate of drug-likeness (QED) is 0.591. The predicted octanol–water partition coefficient (Wildman–Crippen LogP) is 2.39. The van der Waals surface area contributed by atoms with Gasteiger partial charge in [-0.2, -0.15) is 0 Å². The molecule has 0 bridgehead atoms. The third-order valence-corrected chi connectivity index (χ3v) is 2.13. The molecule has 1 rings (SSSR count). The minimum absolute atomic E-state index is 0.0131. The maximum atomic E-state index is 10.4. The summed E-state index contributed by atoms with van der Waals surface area (Å²) in [6.45, 7) is 2.06. The van der Waals surface area contributed by atoms with Crippen molar-refractivity contribution in [3.05, 3.63) is 39.9 Å². The van der Waals surface area contributed by atoms with Crippen LogP contribution in [0.2, 0.25) is 0 Å². The van der Waals surface area contributed by atoms with Gasteiger partial charge in [-0.1, -0.05) is 25.5 Å². The predicted molar refractivity (Wildman–Crippen MR) is 54.9 cm³/mol. The maximum Gasteiger partial charge on any atom is 0.269 e. The summed E-state index contributed by atoms with van der Waals surface area (Å²) in [7, 11) is 0. The average Bonchev–Trinajstić information content (AvgIpc) is 2.18. The standard InChI is InChI=1S/C10H14N2O2/c1-2-3-10(11)8-4-6-9(7-5-8)12(13)14/h4-7,10H,2-3,11H2,1H3/t10-/m0/s1. The molecule has 14 heavy (non-hydrogen) atoms. The molecular formula is C10H14N2O2. The van der Waals surface area contributed by atoms with Crippen molar-refractivity contribution in [3.8, 4) is 0 Å². The van der Waals surface area contributed by atoms with Crippen molar-refractivity contribution in [2.75, 3.05) is 0 Å². The molecule has 0 heterocycles. The molecule has 0 amide bonds.